The number of rotatable bonds is 4. The number of nitrogen functional groups attached to an aromatic ring is 1. The Kier molecular flexibility index (Phi) is 7.08. The third kappa shape index (κ3) is 4.72. The van der Waals surface area contributed by atoms with Gasteiger partial charge in [-0.3, -0.25) is 4.79 Å². The van der Waals surface area contributed by atoms with E-state index < -0.39 is 17.4 Å². The number of carbonyl (C=O) groups is 2. The number of nitrogens with two attached hydrogens (primary N) is 1. The van der Waals surface area contributed by atoms with E-state index in [1.807, 2.05) is 24.3 Å². The zero-order valence-corrected chi connectivity index (χ0v) is 19.0. The number of hydrogen-bond donors (Lipinski definition) is 3. The van der Waals surface area contributed by atoms with E-state index in [4.69, 9.17) is 5.73 Å². The number of carboxylic acids is 1. The third-order valence-electron chi connectivity index (χ3n) is 6.75. The summed E-state index contributed by atoms with van der Waals surface area (Å²) in [5, 5.41) is 14.7. The summed E-state index contributed by atoms with van der Waals surface area (Å²) in [7, 11) is 0. The van der Waals surface area contributed by atoms with Gasteiger partial charge in [0, 0.05) is 5.69 Å². The molecule has 0 heterocycles. The first-order valence-electron chi connectivity index (χ1n) is 10.4. The fourth-order valence-electron chi connectivity index (χ4n) is 4.62. The van der Waals surface area contributed by atoms with E-state index in [0.717, 1.165) is 36.5 Å². The summed E-state index contributed by atoms with van der Waals surface area (Å²) < 4.78 is 0. The van der Waals surface area contributed by atoms with Crippen molar-refractivity contribution in [2.45, 2.75) is 58.9 Å². The van der Waals surface area contributed by atoms with Crippen molar-refractivity contribution in [1.29, 1.82) is 0 Å². The van der Waals surface area contributed by atoms with Gasteiger partial charge >= 0.3 is 5.97 Å². The van der Waals surface area contributed by atoms with E-state index in [1.54, 1.807) is 19.1 Å². The van der Waals surface area contributed by atoms with E-state index in [9.17, 15) is 14.7 Å². The van der Waals surface area contributed by atoms with Gasteiger partial charge in [0.15, 0.2) is 0 Å². The number of anilines is 1. The van der Waals surface area contributed by atoms with Gasteiger partial charge in [-0.15, -0.1) is 12.4 Å². The van der Waals surface area contributed by atoms with Crippen molar-refractivity contribution in [3.8, 4) is 0 Å². The Hall–Kier alpha value is -2.27. The highest BCUT2D eigenvalue weighted by atomic mass is 35.5. The van der Waals surface area contributed by atoms with Crippen LogP contribution < -0.4 is 11.1 Å². The molecule has 1 saturated carbocycles. The third-order valence-corrected chi connectivity index (χ3v) is 6.75. The molecule has 2 aromatic rings. The standard InChI is InChI=1S/C24H32N2O3.ClH/c1-23(2,3)17-9-11-18(12-10-17)24(4,22(28)29)26-21(27)19-13-15-7-5-6-8-16(15)14-20(19)25;/h5-8,13-14,17-18H,9-12,25H2,1-4H3,(H,26,27)(H,28,29);1H/t17?,18?,24-;/m0./s1. The van der Waals surface area contributed by atoms with Gasteiger partial charge in [0.1, 0.15) is 5.54 Å². The first-order valence-corrected chi connectivity index (χ1v) is 10.4. The second-order valence-corrected chi connectivity index (χ2v) is 9.66. The molecular formula is C24H33ClN2O3. The number of halogens is 1. The largest absolute Gasteiger partial charge is 0.480 e. The molecule has 4 N–H and O–H groups in total. The van der Waals surface area contributed by atoms with Crippen LogP contribution in [0.4, 0.5) is 5.69 Å². The Morgan fingerprint density at radius 2 is 1.47 bits per heavy atom. The molecule has 1 aliphatic rings. The van der Waals surface area contributed by atoms with Crippen LogP contribution in [0, 0.1) is 17.3 Å². The fraction of sp³-hybridized carbons (Fsp3) is 0.500. The summed E-state index contributed by atoms with van der Waals surface area (Å²) in [5.74, 6) is -0.964. The second kappa shape index (κ2) is 8.84. The molecule has 164 valence electrons. The van der Waals surface area contributed by atoms with Crippen LogP contribution >= 0.6 is 12.4 Å². The molecule has 1 atom stereocenters. The number of hydrogen-bond acceptors (Lipinski definition) is 3. The lowest BCUT2D eigenvalue weighted by Gasteiger charge is -2.42. The zero-order valence-electron chi connectivity index (χ0n) is 18.2. The van der Waals surface area contributed by atoms with Gasteiger partial charge in [-0.1, -0.05) is 45.0 Å². The smallest absolute Gasteiger partial charge is 0.329 e. The maximum atomic E-state index is 13.0. The average Bonchev–Trinajstić information content (AvgIpc) is 2.66. The van der Waals surface area contributed by atoms with Crippen molar-refractivity contribution in [3.05, 3.63) is 42.0 Å². The summed E-state index contributed by atoms with van der Waals surface area (Å²) >= 11 is 0. The monoisotopic (exact) mass is 432 g/mol. The minimum atomic E-state index is -1.32. The van der Waals surface area contributed by atoms with Crippen LogP contribution in [0.5, 0.6) is 0 Å². The van der Waals surface area contributed by atoms with Crippen LogP contribution in [0.15, 0.2) is 36.4 Å². The van der Waals surface area contributed by atoms with Crippen molar-refractivity contribution in [1.82, 2.24) is 5.32 Å². The van der Waals surface area contributed by atoms with Crippen LogP contribution in [0.3, 0.4) is 0 Å². The van der Waals surface area contributed by atoms with E-state index in [-0.39, 0.29) is 23.7 Å². The predicted octanol–water partition coefficient (Wildman–Crippen LogP) is 5.27. The van der Waals surface area contributed by atoms with Crippen LogP contribution in [-0.2, 0) is 4.79 Å². The Balaban J connectivity index is 0.00000320. The lowest BCUT2D eigenvalue weighted by atomic mass is 9.66. The molecule has 0 radical (unpaired) electrons. The molecule has 6 heteroatoms. The highest BCUT2D eigenvalue weighted by molar-refractivity contribution is 6.05. The number of nitrogens with one attached hydrogen (secondary N) is 1. The number of carbonyl (C=O) groups excluding carboxylic acids is 1. The Morgan fingerprint density at radius 3 is 1.97 bits per heavy atom. The Morgan fingerprint density at radius 1 is 0.967 bits per heavy atom. The molecule has 30 heavy (non-hydrogen) atoms. The minimum absolute atomic E-state index is 0. The highest BCUT2D eigenvalue weighted by Gasteiger charge is 2.45. The van der Waals surface area contributed by atoms with E-state index in [1.165, 1.54) is 0 Å². The molecule has 5 nitrogen and oxygen atoms in total. The van der Waals surface area contributed by atoms with E-state index in [0.29, 0.717) is 17.2 Å². The molecule has 0 unspecified atom stereocenters. The molecule has 0 aliphatic heterocycles. The maximum absolute atomic E-state index is 13.0. The van der Waals surface area contributed by atoms with Crippen molar-refractivity contribution >= 4 is 40.7 Å². The number of fused-ring (bicyclic) bond motifs is 1. The first-order chi connectivity index (χ1) is 13.5. The number of amides is 1. The number of carboxylic acid groups (broad SMARTS) is 1. The molecule has 0 bridgehead atoms. The quantitative estimate of drug-likeness (QED) is 0.574. The Labute approximate surface area is 184 Å². The van der Waals surface area contributed by atoms with Crippen LogP contribution in [0.25, 0.3) is 10.8 Å². The summed E-state index contributed by atoms with van der Waals surface area (Å²) in [5.41, 5.74) is 5.68. The first kappa shape index (κ1) is 24.0. The topological polar surface area (TPSA) is 92.4 Å². The average molecular weight is 433 g/mol. The van der Waals surface area contributed by atoms with Crippen LogP contribution in [0.1, 0.15) is 63.7 Å². The van der Waals surface area contributed by atoms with Gasteiger partial charge in [-0.05, 0) is 72.8 Å². The lowest BCUT2D eigenvalue weighted by molar-refractivity contribution is -0.147. The molecular weight excluding hydrogens is 400 g/mol. The molecule has 1 aliphatic carbocycles. The summed E-state index contributed by atoms with van der Waals surface area (Å²) in [4.78, 5) is 25.3. The van der Waals surface area contributed by atoms with Crippen LogP contribution in [0.2, 0.25) is 0 Å². The molecule has 3 rings (SSSR count). The number of aliphatic carboxylic acids is 1. The molecule has 0 aromatic heterocycles. The van der Waals surface area contributed by atoms with Gasteiger partial charge in [0.2, 0.25) is 0 Å². The van der Waals surface area contributed by atoms with Crippen LogP contribution in [-0.4, -0.2) is 22.5 Å². The summed E-state index contributed by atoms with van der Waals surface area (Å²) in [6.45, 7) is 8.34. The van der Waals surface area contributed by atoms with E-state index >= 15 is 0 Å². The summed E-state index contributed by atoms with van der Waals surface area (Å²) in [6, 6.07) is 11.2. The van der Waals surface area contributed by atoms with Gasteiger partial charge in [0.05, 0.1) is 5.56 Å². The molecule has 0 spiro atoms. The van der Waals surface area contributed by atoms with E-state index in [2.05, 4.69) is 26.1 Å². The fourth-order valence-corrected chi connectivity index (χ4v) is 4.62. The second-order valence-electron chi connectivity index (χ2n) is 9.66. The van der Waals surface area contributed by atoms with Crippen molar-refractivity contribution in [2.75, 3.05) is 5.73 Å². The maximum Gasteiger partial charge on any atom is 0.329 e. The molecule has 2 aromatic carbocycles. The van der Waals surface area contributed by atoms with Gasteiger partial charge in [-0.2, -0.15) is 0 Å². The van der Waals surface area contributed by atoms with Crippen molar-refractivity contribution in [3.63, 3.8) is 0 Å². The molecule has 1 fully saturated rings. The molecule has 0 saturated heterocycles. The van der Waals surface area contributed by atoms with Crippen molar-refractivity contribution < 1.29 is 14.7 Å². The van der Waals surface area contributed by atoms with Gasteiger partial charge in [-0.25, -0.2) is 4.79 Å². The predicted molar refractivity (Wildman–Crippen MR) is 124 cm³/mol. The SMILES string of the molecule is CC(C)(C)C1CCC([C@](C)(NC(=O)c2cc3ccccc3cc2N)C(=O)O)CC1.Cl. The summed E-state index contributed by atoms with van der Waals surface area (Å²) in [6.07, 6.45) is 3.53. The van der Waals surface area contributed by atoms with Crippen molar-refractivity contribution in [2.24, 2.45) is 17.3 Å². The minimum Gasteiger partial charge on any atom is -0.480 e. The lowest BCUT2D eigenvalue weighted by Crippen LogP contribution is -2.58. The Bertz CT molecular complexity index is 930. The zero-order chi connectivity index (χ0) is 21.4. The highest BCUT2D eigenvalue weighted by Crippen LogP contribution is 2.43. The van der Waals surface area contributed by atoms with Gasteiger partial charge in [0.25, 0.3) is 5.91 Å². The molecule has 1 amide bonds. The normalized spacial score (nSPS) is 21.3. The van der Waals surface area contributed by atoms with Gasteiger partial charge < -0.3 is 16.2 Å². The number of benzene rings is 2.